The van der Waals surface area contributed by atoms with Gasteiger partial charge in [0.15, 0.2) is 0 Å². The van der Waals surface area contributed by atoms with Crippen molar-refractivity contribution in [2.24, 2.45) is 0 Å². The zero-order chi connectivity index (χ0) is 12.2. The normalized spacial score (nSPS) is 12.9. The van der Waals surface area contributed by atoms with Gasteiger partial charge in [-0.05, 0) is 17.9 Å². The Morgan fingerprint density at radius 3 is 2.62 bits per heavy atom. The van der Waals surface area contributed by atoms with Crippen molar-refractivity contribution >= 4 is 21.4 Å². The zero-order valence-electron chi connectivity index (χ0n) is 9.99. The van der Waals surface area contributed by atoms with E-state index in [1.807, 2.05) is 38.3 Å². The number of nitrogens with one attached hydrogen (secondary N) is 1. The summed E-state index contributed by atoms with van der Waals surface area (Å²) >= 11 is 1.66. The summed E-state index contributed by atoms with van der Waals surface area (Å²) in [5.41, 5.74) is -0.144. The van der Waals surface area contributed by atoms with E-state index in [1.165, 1.54) is 4.88 Å². The summed E-state index contributed by atoms with van der Waals surface area (Å²) in [6.07, 6.45) is 0.648. The molecular weight excluding hydrogens is 242 g/mol. The maximum Gasteiger partial charge on any atom is 0.211 e. The van der Waals surface area contributed by atoms with Crippen LogP contribution in [0.1, 0.15) is 32.1 Å². The van der Waals surface area contributed by atoms with Crippen LogP contribution in [0.2, 0.25) is 0 Å². The SMILES string of the molecule is CCCS(=O)(=O)NCC(C)(C)c1cccs1. The first-order chi connectivity index (χ1) is 7.37. The van der Waals surface area contributed by atoms with Crippen molar-refractivity contribution in [3.63, 3.8) is 0 Å². The summed E-state index contributed by atoms with van der Waals surface area (Å²) in [7, 11) is -3.10. The molecular formula is C11H19NO2S2. The van der Waals surface area contributed by atoms with Gasteiger partial charge in [-0.1, -0.05) is 26.8 Å². The molecule has 0 fully saturated rings. The van der Waals surface area contributed by atoms with Crippen LogP contribution in [0.5, 0.6) is 0 Å². The average Bonchev–Trinajstić information content (AvgIpc) is 2.68. The van der Waals surface area contributed by atoms with Crippen LogP contribution >= 0.6 is 11.3 Å². The fourth-order valence-electron chi connectivity index (χ4n) is 1.38. The third-order valence-corrected chi connectivity index (χ3v) is 5.16. The summed E-state index contributed by atoms with van der Waals surface area (Å²) in [5, 5.41) is 2.01. The topological polar surface area (TPSA) is 46.2 Å². The fourth-order valence-corrected chi connectivity index (χ4v) is 3.50. The quantitative estimate of drug-likeness (QED) is 0.854. The Hall–Kier alpha value is -0.390. The average molecular weight is 261 g/mol. The maximum absolute atomic E-state index is 11.5. The first-order valence-electron chi connectivity index (χ1n) is 5.39. The minimum Gasteiger partial charge on any atom is -0.214 e. The summed E-state index contributed by atoms with van der Waals surface area (Å²) in [4.78, 5) is 1.20. The molecule has 16 heavy (non-hydrogen) atoms. The second kappa shape index (κ2) is 5.29. The Balaban J connectivity index is 2.62. The van der Waals surface area contributed by atoms with E-state index < -0.39 is 10.0 Å². The Morgan fingerprint density at radius 1 is 1.44 bits per heavy atom. The van der Waals surface area contributed by atoms with E-state index in [0.717, 1.165) is 0 Å². The van der Waals surface area contributed by atoms with E-state index in [0.29, 0.717) is 13.0 Å². The Bertz CT molecular complexity index is 407. The van der Waals surface area contributed by atoms with Crippen molar-refractivity contribution in [2.45, 2.75) is 32.6 Å². The van der Waals surface area contributed by atoms with Gasteiger partial charge in [-0.25, -0.2) is 13.1 Å². The van der Waals surface area contributed by atoms with Crippen molar-refractivity contribution in [1.82, 2.24) is 4.72 Å². The molecule has 0 aliphatic heterocycles. The highest BCUT2D eigenvalue weighted by Crippen LogP contribution is 2.26. The van der Waals surface area contributed by atoms with Gasteiger partial charge >= 0.3 is 0 Å². The molecule has 3 nitrogen and oxygen atoms in total. The molecule has 1 aromatic rings. The smallest absolute Gasteiger partial charge is 0.211 e. The summed E-state index contributed by atoms with van der Waals surface area (Å²) in [5.74, 6) is 0.202. The van der Waals surface area contributed by atoms with Gasteiger partial charge in [0, 0.05) is 16.8 Å². The summed E-state index contributed by atoms with van der Waals surface area (Å²) < 4.78 is 25.7. The van der Waals surface area contributed by atoms with Crippen molar-refractivity contribution in [2.75, 3.05) is 12.3 Å². The molecule has 0 atom stereocenters. The van der Waals surface area contributed by atoms with Gasteiger partial charge < -0.3 is 0 Å². The molecule has 0 spiro atoms. The predicted octanol–water partition coefficient (Wildman–Crippen LogP) is 2.36. The highest BCUT2D eigenvalue weighted by Gasteiger charge is 2.23. The lowest BCUT2D eigenvalue weighted by Crippen LogP contribution is -2.37. The van der Waals surface area contributed by atoms with Gasteiger partial charge in [0.1, 0.15) is 0 Å². The van der Waals surface area contributed by atoms with Gasteiger partial charge in [-0.3, -0.25) is 0 Å². The number of sulfonamides is 1. The second-order valence-corrected chi connectivity index (χ2v) is 7.38. The molecule has 0 unspecified atom stereocenters. The van der Waals surface area contributed by atoms with Crippen molar-refractivity contribution in [1.29, 1.82) is 0 Å². The van der Waals surface area contributed by atoms with Crippen LogP contribution in [0.15, 0.2) is 17.5 Å². The van der Waals surface area contributed by atoms with Crippen LogP contribution in [-0.2, 0) is 15.4 Å². The Morgan fingerprint density at radius 2 is 2.12 bits per heavy atom. The molecule has 0 saturated carbocycles. The maximum atomic E-state index is 11.5. The van der Waals surface area contributed by atoms with Crippen LogP contribution in [-0.4, -0.2) is 20.7 Å². The molecule has 0 aromatic carbocycles. The number of hydrogen-bond donors (Lipinski definition) is 1. The molecule has 1 N–H and O–H groups in total. The van der Waals surface area contributed by atoms with Crippen LogP contribution in [0, 0.1) is 0 Å². The summed E-state index contributed by atoms with van der Waals surface area (Å²) in [6, 6.07) is 4.03. The lowest BCUT2D eigenvalue weighted by atomic mass is 9.92. The van der Waals surface area contributed by atoms with Crippen LogP contribution < -0.4 is 4.72 Å². The lowest BCUT2D eigenvalue weighted by molar-refractivity contribution is 0.509. The highest BCUT2D eigenvalue weighted by molar-refractivity contribution is 7.89. The van der Waals surface area contributed by atoms with Crippen molar-refractivity contribution in [3.8, 4) is 0 Å². The van der Waals surface area contributed by atoms with Crippen LogP contribution in [0.4, 0.5) is 0 Å². The van der Waals surface area contributed by atoms with Crippen molar-refractivity contribution in [3.05, 3.63) is 22.4 Å². The minimum atomic E-state index is -3.10. The van der Waals surface area contributed by atoms with Crippen molar-refractivity contribution < 1.29 is 8.42 Å². The van der Waals surface area contributed by atoms with Gasteiger partial charge in [0.05, 0.1) is 5.75 Å². The third kappa shape index (κ3) is 3.88. The summed E-state index contributed by atoms with van der Waals surface area (Å²) in [6.45, 7) is 6.42. The second-order valence-electron chi connectivity index (χ2n) is 4.50. The van der Waals surface area contributed by atoms with E-state index in [-0.39, 0.29) is 11.2 Å². The van der Waals surface area contributed by atoms with E-state index in [1.54, 1.807) is 11.3 Å². The largest absolute Gasteiger partial charge is 0.214 e. The van der Waals surface area contributed by atoms with Gasteiger partial charge in [0.2, 0.25) is 10.0 Å². The first kappa shape index (κ1) is 13.7. The number of thiophene rings is 1. The lowest BCUT2D eigenvalue weighted by Gasteiger charge is -2.23. The van der Waals surface area contributed by atoms with Crippen LogP contribution in [0.3, 0.4) is 0 Å². The first-order valence-corrected chi connectivity index (χ1v) is 7.92. The molecule has 92 valence electrons. The third-order valence-electron chi connectivity index (χ3n) is 2.40. The van der Waals surface area contributed by atoms with Crippen LogP contribution in [0.25, 0.3) is 0 Å². The molecule has 5 heteroatoms. The van der Waals surface area contributed by atoms with Gasteiger partial charge in [-0.15, -0.1) is 11.3 Å². The molecule has 1 heterocycles. The molecule has 0 radical (unpaired) electrons. The number of hydrogen-bond acceptors (Lipinski definition) is 3. The predicted molar refractivity (Wildman–Crippen MR) is 69.4 cm³/mol. The highest BCUT2D eigenvalue weighted by atomic mass is 32.2. The fraction of sp³-hybridized carbons (Fsp3) is 0.636. The monoisotopic (exact) mass is 261 g/mol. The van der Waals surface area contributed by atoms with E-state index in [2.05, 4.69) is 4.72 Å². The molecule has 0 amide bonds. The molecule has 0 aliphatic rings. The van der Waals surface area contributed by atoms with E-state index >= 15 is 0 Å². The van der Waals surface area contributed by atoms with Gasteiger partial charge in [-0.2, -0.15) is 0 Å². The standard InChI is InChI=1S/C11H19NO2S2/c1-4-8-16(13,14)12-9-11(2,3)10-6-5-7-15-10/h5-7,12H,4,8-9H2,1-3H3. The molecule has 0 saturated heterocycles. The molecule has 1 aromatic heterocycles. The molecule has 0 bridgehead atoms. The Kier molecular flexibility index (Phi) is 4.52. The minimum absolute atomic E-state index is 0.144. The Labute approximate surface area is 102 Å². The van der Waals surface area contributed by atoms with Gasteiger partial charge in [0.25, 0.3) is 0 Å². The number of rotatable bonds is 6. The molecule has 0 aliphatic carbocycles. The van der Waals surface area contributed by atoms with E-state index in [9.17, 15) is 8.42 Å². The van der Waals surface area contributed by atoms with E-state index in [4.69, 9.17) is 0 Å². The zero-order valence-corrected chi connectivity index (χ0v) is 11.6. The molecule has 1 rings (SSSR count).